The number of halogens is 2. The lowest BCUT2D eigenvalue weighted by Gasteiger charge is -2.09. The van der Waals surface area contributed by atoms with Gasteiger partial charge in [0.25, 0.3) is 0 Å². The molecule has 2 N–H and O–H groups in total. The van der Waals surface area contributed by atoms with E-state index in [-0.39, 0.29) is 0 Å². The number of rotatable bonds is 6. The Kier molecular flexibility index (Phi) is 7.59. The molecular formula is C22H17BrClN3O3. The van der Waals surface area contributed by atoms with E-state index in [1.54, 1.807) is 36.4 Å². The Morgan fingerprint density at radius 1 is 0.967 bits per heavy atom. The molecule has 0 saturated heterocycles. The quantitative estimate of drug-likeness (QED) is 0.299. The number of hydrogen-bond donors (Lipinski definition) is 2. The van der Waals surface area contributed by atoms with Gasteiger partial charge in [0, 0.05) is 10.0 Å². The molecule has 152 valence electrons. The predicted molar refractivity (Wildman–Crippen MR) is 121 cm³/mol. The molecule has 8 heteroatoms. The molecule has 0 aliphatic carbocycles. The second-order valence-corrected chi connectivity index (χ2v) is 7.41. The number of hydrogen-bond acceptors (Lipinski definition) is 4. The second kappa shape index (κ2) is 10.6. The summed E-state index contributed by atoms with van der Waals surface area (Å²) in [5.74, 6) is -1.20. The number of nitrogens with zero attached hydrogens (tertiary/aromatic N) is 1. The Hall–Kier alpha value is -3.16. The van der Waals surface area contributed by atoms with Gasteiger partial charge in [-0.2, -0.15) is 5.10 Å². The SMILES string of the molecule is O=C(N/N=C/c1ccccc1OCc1ccc(Br)cc1)C(=O)Nc1ccccc1Cl. The van der Waals surface area contributed by atoms with Gasteiger partial charge in [0.05, 0.1) is 16.9 Å². The van der Waals surface area contributed by atoms with E-state index >= 15 is 0 Å². The van der Waals surface area contributed by atoms with Crippen molar-refractivity contribution in [2.45, 2.75) is 6.61 Å². The van der Waals surface area contributed by atoms with Crippen LogP contribution in [-0.2, 0) is 16.2 Å². The van der Waals surface area contributed by atoms with Gasteiger partial charge in [-0.15, -0.1) is 0 Å². The van der Waals surface area contributed by atoms with E-state index in [0.29, 0.717) is 28.6 Å². The third kappa shape index (κ3) is 6.17. The Bertz CT molecular complexity index is 1070. The Balaban J connectivity index is 1.58. The number of benzene rings is 3. The molecule has 3 rings (SSSR count). The molecule has 3 aromatic rings. The summed E-state index contributed by atoms with van der Waals surface area (Å²) < 4.78 is 6.84. The van der Waals surface area contributed by atoms with Crippen molar-refractivity contribution in [3.05, 3.63) is 93.4 Å². The minimum Gasteiger partial charge on any atom is -0.488 e. The van der Waals surface area contributed by atoms with E-state index in [1.165, 1.54) is 6.21 Å². The van der Waals surface area contributed by atoms with Gasteiger partial charge in [-0.25, -0.2) is 5.43 Å². The maximum atomic E-state index is 12.0. The third-order valence-electron chi connectivity index (χ3n) is 3.92. The third-order valence-corrected chi connectivity index (χ3v) is 4.78. The highest BCUT2D eigenvalue weighted by Crippen LogP contribution is 2.20. The van der Waals surface area contributed by atoms with Crippen molar-refractivity contribution in [2.75, 3.05) is 5.32 Å². The summed E-state index contributed by atoms with van der Waals surface area (Å²) >= 11 is 9.36. The largest absolute Gasteiger partial charge is 0.488 e. The fourth-order valence-corrected chi connectivity index (χ4v) is 2.86. The van der Waals surface area contributed by atoms with E-state index in [4.69, 9.17) is 16.3 Å². The van der Waals surface area contributed by atoms with Crippen LogP contribution in [0, 0.1) is 0 Å². The van der Waals surface area contributed by atoms with E-state index < -0.39 is 11.8 Å². The molecular weight excluding hydrogens is 470 g/mol. The highest BCUT2D eigenvalue weighted by molar-refractivity contribution is 9.10. The van der Waals surface area contributed by atoms with Gasteiger partial charge in [-0.05, 0) is 42.0 Å². The standard InChI is InChI=1S/C22H17BrClN3O3/c23-17-11-9-15(10-12-17)14-30-20-8-4-1-5-16(20)13-25-27-22(29)21(28)26-19-7-3-2-6-18(19)24/h1-13H,14H2,(H,26,28)(H,27,29)/b25-13+. The molecule has 0 fully saturated rings. The lowest BCUT2D eigenvalue weighted by Crippen LogP contribution is -2.32. The molecule has 30 heavy (non-hydrogen) atoms. The number of nitrogens with one attached hydrogen (secondary N) is 2. The number of para-hydroxylation sites is 2. The van der Waals surface area contributed by atoms with Crippen LogP contribution in [0.5, 0.6) is 5.75 Å². The van der Waals surface area contributed by atoms with Gasteiger partial charge < -0.3 is 10.1 Å². The average molecular weight is 487 g/mol. The number of amides is 2. The van der Waals surface area contributed by atoms with Crippen LogP contribution in [0.15, 0.2) is 82.4 Å². The number of anilines is 1. The minimum atomic E-state index is -0.917. The molecule has 0 bridgehead atoms. The van der Waals surface area contributed by atoms with Crippen molar-refractivity contribution in [1.29, 1.82) is 0 Å². The van der Waals surface area contributed by atoms with Gasteiger partial charge in [0.15, 0.2) is 0 Å². The molecule has 0 saturated carbocycles. The molecule has 2 amide bonds. The summed E-state index contributed by atoms with van der Waals surface area (Å²) in [5.41, 5.74) is 4.20. The normalized spacial score (nSPS) is 10.6. The number of carbonyl (C=O) groups excluding carboxylic acids is 2. The van der Waals surface area contributed by atoms with Crippen molar-refractivity contribution < 1.29 is 14.3 Å². The van der Waals surface area contributed by atoms with Crippen molar-refractivity contribution in [3.63, 3.8) is 0 Å². The van der Waals surface area contributed by atoms with Crippen LogP contribution < -0.4 is 15.5 Å². The molecule has 0 aliphatic rings. The van der Waals surface area contributed by atoms with Gasteiger partial charge in [0.2, 0.25) is 0 Å². The molecule has 6 nitrogen and oxygen atoms in total. The summed E-state index contributed by atoms with van der Waals surface area (Å²) in [6, 6.07) is 21.7. The van der Waals surface area contributed by atoms with E-state index in [9.17, 15) is 9.59 Å². The summed E-state index contributed by atoms with van der Waals surface area (Å²) in [6.07, 6.45) is 1.41. The maximum Gasteiger partial charge on any atom is 0.329 e. The van der Waals surface area contributed by atoms with Gasteiger partial charge in [0.1, 0.15) is 12.4 Å². The topological polar surface area (TPSA) is 79.8 Å². The first kappa shape index (κ1) is 21.5. The fourth-order valence-electron chi connectivity index (χ4n) is 2.41. The average Bonchev–Trinajstić information content (AvgIpc) is 2.75. The summed E-state index contributed by atoms with van der Waals surface area (Å²) in [5, 5.41) is 6.61. The number of carbonyl (C=O) groups is 2. The highest BCUT2D eigenvalue weighted by Gasteiger charge is 2.14. The van der Waals surface area contributed by atoms with E-state index in [0.717, 1.165) is 10.0 Å². The summed E-state index contributed by atoms with van der Waals surface area (Å²) in [6.45, 7) is 0.380. The Morgan fingerprint density at radius 3 is 2.43 bits per heavy atom. The molecule has 3 aromatic carbocycles. The van der Waals surface area contributed by atoms with Crippen LogP contribution in [0.1, 0.15) is 11.1 Å². The Labute approximate surface area is 187 Å². The van der Waals surface area contributed by atoms with Crippen LogP contribution in [0.4, 0.5) is 5.69 Å². The smallest absolute Gasteiger partial charge is 0.329 e. The Morgan fingerprint density at radius 2 is 1.67 bits per heavy atom. The minimum absolute atomic E-state index is 0.332. The lowest BCUT2D eigenvalue weighted by atomic mass is 10.2. The molecule has 0 radical (unpaired) electrons. The van der Waals surface area contributed by atoms with Crippen LogP contribution in [0.3, 0.4) is 0 Å². The number of hydrazone groups is 1. The lowest BCUT2D eigenvalue weighted by molar-refractivity contribution is -0.136. The zero-order valence-corrected chi connectivity index (χ0v) is 18.0. The molecule has 0 unspecified atom stereocenters. The van der Waals surface area contributed by atoms with E-state index in [2.05, 4.69) is 31.8 Å². The van der Waals surface area contributed by atoms with Crippen molar-refractivity contribution >= 4 is 51.2 Å². The molecule has 0 aromatic heterocycles. The second-order valence-electron chi connectivity index (χ2n) is 6.09. The van der Waals surface area contributed by atoms with Crippen LogP contribution in [0.2, 0.25) is 5.02 Å². The predicted octanol–water partition coefficient (Wildman–Crippen LogP) is 4.77. The zero-order valence-electron chi connectivity index (χ0n) is 15.6. The van der Waals surface area contributed by atoms with Gasteiger partial charge >= 0.3 is 11.8 Å². The molecule has 0 spiro atoms. The zero-order chi connectivity index (χ0) is 21.3. The van der Waals surface area contributed by atoms with E-state index in [1.807, 2.05) is 36.4 Å². The van der Waals surface area contributed by atoms with Crippen LogP contribution in [-0.4, -0.2) is 18.0 Å². The number of ether oxygens (including phenoxy) is 1. The van der Waals surface area contributed by atoms with Gasteiger partial charge in [-0.3, -0.25) is 9.59 Å². The van der Waals surface area contributed by atoms with Crippen molar-refractivity contribution in [2.24, 2.45) is 5.10 Å². The first-order valence-corrected chi connectivity index (χ1v) is 10.1. The molecule has 0 heterocycles. The summed E-state index contributed by atoms with van der Waals surface area (Å²) in [7, 11) is 0. The van der Waals surface area contributed by atoms with Crippen molar-refractivity contribution in [3.8, 4) is 5.75 Å². The molecule has 0 aliphatic heterocycles. The summed E-state index contributed by atoms with van der Waals surface area (Å²) in [4.78, 5) is 23.9. The fraction of sp³-hybridized carbons (Fsp3) is 0.0455. The first-order valence-electron chi connectivity index (χ1n) is 8.88. The van der Waals surface area contributed by atoms with Crippen LogP contribution >= 0.6 is 27.5 Å². The van der Waals surface area contributed by atoms with Crippen molar-refractivity contribution in [1.82, 2.24) is 5.43 Å². The first-order chi connectivity index (χ1) is 14.5. The van der Waals surface area contributed by atoms with Gasteiger partial charge in [-0.1, -0.05) is 63.9 Å². The maximum absolute atomic E-state index is 12.0. The van der Waals surface area contributed by atoms with Crippen LogP contribution in [0.25, 0.3) is 0 Å². The highest BCUT2D eigenvalue weighted by atomic mass is 79.9. The monoisotopic (exact) mass is 485 g/mol. The molecule has 0 atom stereocenters.